The summed E-state index contributed by atoms with van der Waals surface area (Å²) in [5.41, 5.74) is 1.70. The van der Waals surface area contributed by atoms with Crippen molar-refractivity contribution in [2.24, 2.45) is 0 Å². The summed E-state index contributed by atoms with van der Waals surface area (Å²) in [6, 6.07) is 5.40. The number of aromatic nitrogens is 4. The zero-order valence-corrected chi connectivity index (χ0v) is 15.7. The van der Waals surface area contributed by atoms with Gasteiger partial charge in [0.05, 0.1) is 17.0 Å². The molecule has 3 aromatic heterocycles. The molecule has 0 aromatic carbocycles. The summed E-state index contributed by atoms with van der Waals surface area (Å²) < 4.78 is 4.67. The SMILES string of the molecule is Cc1nonc1CC(=O)N1CCCC(c2nc(-c3cccs3)cc(=O)[nH]2)C1. The number of nitrogens with one attached hydrogen (secondary N) is 1. The number of carbonyl (C=O) groups excluding carboxylic acids is 1. The van der Waals surface area contributed by atoms with E-state index in [0.717, 1.165) is 17.7 Å². The number of carbonyl (C=O) groups is 1. The highest BCUT2D eigenvalue weighted by Crippen LogP contribution is 2.27. The Hall–Kier alpha value is -2.81. The van der Waals surface area contributed by atoms with Crippen molar-refractivity contribution >= 4 is 17.2 Å². The maximum atomic E-state index is 12.6. The van der Waals surface area contributed by atoms with Crippen LogP contribution in [0.5, 0.6) is 0 Å². The number of amides is 1. The summed E-state index contributed by atoms with van der Waals surface area (Å²) in [7, 11) is 0. The number of rotatable bonds is 4. The number of hydrogen-bond donors (Lipinski definition) is 1. The second kappa shape index (κ2) is 7.43. The van der Waals surface area contributed by atoms with E-state index in [4.69, 9.17) is 0 Å². The highest BCUT2D eigenvalue weighted by Gasteiger charge is 2.27. The van der Waals surface area contributed by atoms with Crippen LogP contribution in [0.4, 0.5) is 0 Å². The maximum Gasteiger partial charge on any atom is 0.251 e. The van der Waals surface area contributed by atoms with Crippen LogP contribution in [-0.2, 0) is 11.2 Å². The van der Waals surface area contributed by atoms with Crippen molar-refractivity contribution in [3.05, 3.63) is 51.1 Å². The van der Waals surface area contributed by atoms with Gasteiger partial charge in [0.2, 0.25) is 5.91 Å². The maximum absolute atomic E-state index is 12.6. The molecule has 3 aromatic rings. The van der Waals surface area contributed by atoms with Crippen LogP contribution < -0.4 is 5.56 Å². The number of hydrogen-bond acceptors (Lipinski definition) is 7. The largest absolute Gasteiger partial charge is 0.342 e. The molecular weight excluding hydrogens is 366 g/mol. The Morgan fingerprint density at radius 1 is 1.44 bits per heavy atom. The van der Waals surface area contributed by atoms with Gasteiger partial charge < -0.3 is 9.88 Å². The van der Waals surface area contributed by atoms with Gasteiger partial charge in [-0.15, -0.1) is 11.3 Å². The summed E-state index contributed by atoms with van der Waals surface area (Å²) in [5, 5.41) is 9.46. The van der Waals surface area contributed by atoms with Gasteiger partial charge in [-0.25, -0.2) is 9.61 Å². The number of likely N-dealkylation sites (tertiary alicyclic amines) is 1. The Morgan fingerprint density at radius 3 is 3.07 bits per heavy atom. The zero-order chi connectivity index (χ0) is 18.8. The van der Waals surface area contributed by atoms with E-state index in [2.05, 4.69) is 24.9 Å². The van der Waals surface area contributed by atoms with Crippen molar-refractivity contribution in [2.75, 3.05) is 13.1 Å². The van der Waals surface area contributed by atoms with Crippen LogP contribution in [0, 0.1) is 6.92 Å². The van der Waals surface area contributed by atoms with Gasteiger partial charge in [0.25, 0.3) is 5.56 Å². The Balaban J connectivity index is 1.52. The lowest BCUT2D eigenvalue weighted by Gasteiger charge is -2.32. The van der Waals surface area contributed by atoms with Gasteiger partial charge in [0.1, 0.15) is 17.2 Å². The van der Waals surface area contributed by atoms with Gasteiger partial charge in [-0.05, 0) is 31.2 Å². The first-order chi connectivity index (χ1) is 13.1. The summed E-state index contributed by atoms with van der Waals surface area (Å²) in [4.78, 5) is 35.0. The average molecular weight is 385 g/mol. The summed E-state index contributed by atoms with van der Waals surface area (Å²) >= 11 is 1.55. The molecule has 140 valence electrons. The van der Waals surface area contributed by atoms with Gasteiger partial charge in [-0.1, -0.05) is 16.4 Å². The Morgan fingerprint density at radius 2 is 2.33 bits per heavy atom. The van der Waals surface area contributed by atoms with E-state index in [1.165, 1.54) is 6.07 Å². The highest BCUT2D eigenvalue weighted by atomic mass is 32.1. The molecule has 1 unspecified atom stereocenters. The van der Waals surface area contributed by atoms with Crippen LogP contribution in [-0.4, -0.2) is 44.2 Å². The monoisotopic (exact) mass is 385 g/mol. The number of piperidine rings is 1. The van der Waals surface area contributed by atoms with E-state index < -0.39 is 0 Å². The molecule has 1 aliphatic rings. The second-order valence-corrected chi connectivity index (χ2v) is 7.59. The van der Waals surface area contributed by atoms with Gasteiger partial charge in [0, 0.05) is 25.1 Å². The highest BCUT2D eigenvalue weighted by molar-refractivity contribution is 7.13. The molecule has 9 heteroatoms. The fourth-order valence-electron chi connectivity index (χ4n) is 3.31. The summed E-state index contributed by atoms with van der Waals surface area (Å²) in [6.45, 7) is 2.98. The first-order valence-corrected chi connectivity index (χ1v) is 9.69. The molecule has 0 saturated carbocycles. The Kier molecular flexibility index (Phi) is 4.85. The molecule has 0 bridgehead atoms. The van der Waals surface area contributed by atoms with E-state index >= 15 is 0 Å². The second-order valence-electron chi connectivity index (χ2n) is 6.65. The van der Waals surface area contributed by atoms with Crippen molar-refractivity contribution in [1.82, 2.24) is 25.2 Å². The lowest BCUT2D eigenvalue weighted by Crippen LogP contribution is -2.40. The van der Waals surface area contributed by atoms with Crippen molar-refractivity contribution in [3.63, 3.8) is 0 Å². The minimum Gasteiger partial charge on any atom is -0.342 e. The molecule has 1 amide bonds. The van der Waals surface area contributed by atoms with Crippen LogP contribution in [0.3, 0.4) is 0 Å². The van der Waals surface area contributed by atoms with E-state index in [9.17, 15) is 9.59 Å². The molecule has 0 aliphatic carbocycles. The van der Waals surface area contributed by atoms with Crippen molar-refractivity contribution < 1.29 is 9.42 Å². The minimum atomic E-state index is -0.170. The number of aromatic amines is 1. The topological polar surface area (TPSA) is 105 Å². The number of aryl methyl sites for hydroxylation is 1. The van der Waals surface area contributed by atoms with Crippen LogP contribution in [0.2, 0.25) is 0 Å². The molecule has 0 spiro atoms. The first-order valence-electron chi connectivity index (χ1n) is 8.81. The van der Waals surface area contributed by atoms with Gasteiger partial charge in [-0.3, -0.25) is 9.59 Å². The first kappa shape index (κ1) is 17.6. The third kappa shape index (κ3) is 3.82. The predicted molar refractivity (Wildman–Crippen MR) is 99.5 cm³/mol. The number of nitrogens with zero attached hydrogens (tertiary/aromatic N) is 4. The van der Waals surface area contributed by atoms with Gasteiger partial charge in [0.15, 0.2) is 0 Å². The van der Waals surface area contributed by atoms with Crippen LogP contribution in [0.25, 0.3) is 10.6 Å². The standard InChI is InChI=1S/C18H19N5O3S/c1-11-13(22-26-21-11)9-17(25)23-6-2-4-12(10-23)18-19-14(8-16(24)20-18)15-5-3-7-27-15/h3,5,7-8,12H,2,4,6,9-10H2,1H3,(H,19,20,24). The molecule has 27 heavy (non-hydrogen) atoms. The fraction of sp³-hybridized carbons (Fsp3) is 0.389. The zero-order valence-electron chi connectivity index (χ0n) is 14.8. The lowest BCUT2D eigenvalue weighted by atomic mass is 9.96. The molecule has 1 atom stereocenters. The molecular formula is C18H19N5O3S. The van der Waals surface area contributed by atoms with Crippen molar-refractivity contribution in [3.8, 4) is 10.6 Å². The van der Waals surface area contributed by atoms with E-state index in [1.807, 2.05) is 17.5 Å². The van der Waals surface area contributed by atoms with Gasteiger partial charge >= 0.3 is 0 Å². The smallest absolute Gasteiger partial charge is 0.251 e. The Bertz CT molecular complexity index is 995. The number of H-pyrrole nitrogens is 1. The fourth-order valence-corrected chi connectivity index (χ4v) is 4.00. The van der Waals surface area contributed by atoms with Crippen LogP contribution >= 0.6 is 11.3 Å². The van der Waals surface area contributed by atoms with E-state index in [1.54, 1.807) is 23.2 Å². The molecule has 0 radical (unpaired) electrons. The molecule has 1 fully saturated rings. The normalized spacial score (nSPS) is 17.2. The third-order valence-electron chi connectivity index (χ3n) is 4.76. The van der Waals surface area contributed by atoms with E-state index in [0.29, 0.717) is 36.0 Å². The molecule has 4 heterocycles. The molecule has 1 saturated heterocycles. The van der Waals surface area contributed by atoms with Gasteiger partial charge in [-0.2, -0.15) is 0 Å². The lowest BCUT2D eigenvalue weighted by molar-refractivity contribution is -0.131. The van der Waals surface area contributed by atoms with E-state index in [-0.39, 0.29) is 23.8 Å². The molecule has 1 aliphatic heterocycles. The van der Waals surface area contributed by atoms with Crippen molar-refractivity contribution in [2.45, 2.75) is 32.1 Å². The summed E-state index contributed by atoms with van der Waals surface area (Å²) in [6.07, 6.45) is 1.91. The summed E-state index contributed by atoms with van der Waals surface area (Å²) in [5.74, 6) is 0.629. The van der Waals surface area contributed by atoms with Crippen LogP contribution in [0.15, 0.2) is 33.0 Å². The average Bonchev–Trinajstić information content (AvgIpc) is 3.34. The third-order valence-corrected chi connectivity index (χ3v) is 5.65. The molecule has 4 rings (SSSR count). The Labute approximate surface area is 159 Å². The van der Waals surface area contributed by atoms with Crippen LogP contribution in [0.1, 0.15) is 36.0 Å². The molecule has 8 nitrogen and oxygen atoms in total. The van der Waals surface area contributed by atoms with Crippen molar-refractivity contribution in [1.29, 1.82) is 0 Å². The number of thiophene rings is 1. The quantitative estimate of drug-likeness (QED) is 0.738. The minimum absolute atomic E-state index is 0.00634. The predicted octanol–water partition coefficient (Wildman–Crippen LogP) is 2.14. The molecule has 1 N–H and O–H groups in total.